The topological polar surface area (TPSA) is 44.5 Å². The molecule has 0 aromatic heterocycles. The number of hydrogen-bond acceptors (Lipinski definition) is 3. The molecule has 0 aliphatic heterocycles. The van der Waals surface area contributed by atoms with Crippen LogP contribution in [0.4, 0.5) is 5.69 Å². The molecule has 0 unspecified atom stereocenters. The van der Waals surface area contributed by atoms with E-state index in [9.17, 15) is 0 Å². The van der Waals surface area contributed by atoms with Gasteiger partial charge in [-0.1, -0.05) is 42.5 Å². The number of benzene rings is 3. The standard InChI is InChI=1S/C18H17NO2/c19-17-7-3-4-8-18(17)21-12-11-20-16-10-9-14-5-1-2-6-15(14)13-16/h1-10,13H,11-12,19H2. The van der Waals surface area contributed by atoms with E-state index >= 15 is 0 Å². The Morgan fingerprint density at radius 2 is 1.43 bits per heavy atom. The highest BCUT2D eigenvalue weighted by Gasteiger charge is 2.00. The third-order valence-electron chi connectivity index (χ3n) is 3.25. The average molecular weight is 279 g/mol. The molecule has 0 atom stereocenters. The highest BCUT2D eigenvalue weighted by atomic mass is 16.5. The molecule has 0 radical (unpaired) electrons. The van der Waals surface area contributed by atoms with Gasteiger partial charge in [0.1, 0.15) is 24.7 Å². The maximum Gasteiger partial charge on any atom is 0.142 e. The quantitative estimate of drug-likeness (QED) is 0.569. The molecule has 0 fully saturated rings. The summed E-state index contributed by atoms with van der Waals surface area (Å²) in [5.74, 6) is 1.54. The minimum absolute atomic E-state index is 0.459. The van der Waals surface area contributed by atoms with E-state index in [0.717, 1.165) is 5.75 Å². The van der Waals surface area contributed by atoms with Gasteiger partial charge >= 0.3 is 0 Å². The number of para-hydroxylation sites is 2. The summed E-state index contributed by atoms with van der Waals surface area (Å²) in [6.45, 7) is 0.938. The highest BCUT2D eigenvalue weighted by molar-refractivity contribution is 5.83. The van der Waals surface area contributed by atoms with Crippen molar-refractivity contribution < 1.29 is 9.47 Å². The molecule has 3 aromatic rings. The zero-order valence-electron chi connectivity index (χ0n) is 11.7. The van der Waals surface area contributed by atoms with Crippen LogP contribution in [0.15, 0.2) is 66.7 Å². The van der Waals surface area contributed by atoms with Crippen molar-refractivity contribution in [3.8, 4) is 11.5 Å². The zero-order valence-corrected chi connectivity index (χ0v) is 11.7. The lowest BCUT2D eigenvalue weighted by Crippen LogP contribution is -2.09. The molecule has 0 amide bonds. The lowest BCUT2D eigenvalue weighted by atomic mass is 10.1. The molecule has 3 rings (SSSR count). The Kier molecular flexibility index (Phi) is 3.92. The SMILES string of the molecule is Nc1ccccc1OCCOc1ccc2ccccc2c1. The second kappa shape index (κ2) is 6.18. The van der Waals surface area contributed by atoms with Crippen molar-refractivity contribution in [1.82, 2.24) is 0 Å². The van der Waals surface area contributed by atoms with Crippen LogP contribution in [-0.2, 0) is 0 Å². The highest BCUT2D eigenvalue weighted by Crippen LogP contribution is 2.21. The summed E-state index contributed by atoms with van der Waals surface area (Å²) in [7, 11) is 0. The van der Waals surface area contributed by atoms with Gasteiger partial charge in [0.05, 0.1) is 5.69 Å². The zero-order chi connectivity index (χ0) is 14.5. The first kappa shape index (κ1) is 13.3. The summed E-state index contributed by atoms with van der Waals surface area (Å²) in [6.07, 6.45) is 0. The van der Waals surface area contributed by atoms with Gasteiger partial charge in [-0.25, -0.2) is 0 Å². The van der Waals surface area contributed by atoms with Crippen LogP contribution in [0.1, 0.15) is 0 Å². The number of hydrogen-bond donors (Lipinski definition) is 1. The molecule has 3 nitrogen and oxygen atoms in total. The van der Waals surface area contributed by atoms with Gasteiger partial charge in [-0.2, -0.15) is 0 Å². The average Bonchev–Trinajstić information content (AvgIpc) is 2.53. The molecule has 0 saturated heterocycles. The van der Waals surface area contributed by atoms with Crippen LogP contribution in [0.2, 0.25) is 0 Å². The Morgan fingerprint density at radius 3 is 2.29 bits per heavy atom. The van der Waals surface area contributed by atoms with Crippen molar-refractivity contribution in [3.05, 3.63) is 66.7 Å². The minimum atomic E-state index is 0.459. The van der Waals surface area contributed by atoms with Crippen LogP contribution in [0.5, 0.6) is 11.5 Å². The van der Waals surface area contributed by atoms with Crippen LogP contribution in [0.25, 0.3) is 10.8 Å². The van der Waals surface area contributed by atoms with Gasteiger partial charge in [-0.15, -0.1) is 0 Å². The summed E-state index contributed by atoms with van der Waals surface area (Å²) in [5.41, 5.74) is 6.45. The van der Waals surface area contributed by atoms with Gasteiger partial charge in [0, 0.05) is 0 Å². The molecule has 0 aliphatic carbocycles. The molecule has 0 bridgehead atoms. The predicted octanol–water partition coefficient (Wildman–Crippen LogP) is 3.88. The summed E-state index contributed by atoms with van der Waals surface area (Å²) in [5, 5.41) is 2.38. The van der Waals surface area contributed by atoms with Crippen molar-refractivity contribution >= 4 is 16.5 Å². The Balaban J connectivity index is 1.56. The molecule has 0 aliphatic rings. The van der Waals surface area contributed by atoms with Crippen molar-refractivity contribution in [2.75, 3.05) is 18.9 Å². The molecule has 106 valence electrons. The predicted molar refractivity (Wildman–Crippen MR) is 85.8 cm³/mol. The summed E-state index contributed by atoms with van der Waals surface area (Å²) >= 11 is 0. The van der Waals surface area contributed by atoms with E-state index in [-0.39, 0.29) is 0 Å². The van der Waals surface area contributed by atoms with E-state index < -0.39 is 0 Å². The molecule has 3 aromatic carbocycles. The van der Waals surface area contributed by atoms with Crippen molar-refractivity contribution in [1.29, 1.82) is 0 Å². The van der Waals surface area contributed by atoms with Crippen LogP contribution in [-0.4, -0.2) is 13.2 Å². The third-order valence-corrected chi connectivity index (χ3v) is 3.25. The van der Waals surface area contributed by atoms with Crippen molar-refractivity contribution in [2.24, 2.45) is 0 Å². The van der Waals surface area contributed by atoms with Crippen LogP contribution in [0.3, 0.4) is 0 Å². The maximum absolute atomic E-state index is 5.81. The molecule has 0 heterocycles. The van der Waals surface area contributed by atoms with Gasteiger partial charge in [-0.05, 0) is 35.0 Å². The summed E-state index contributed by atoms with van der Waals surface area (Å²) in [6, 6.07) is 21.7. The molecular weight excluding hydrogens is 262 g/mol. The summed E-state index contributed by atoms with van der Waals surface area (Å²) in [4.78, 5) is 0. The number of fused-ring (bicyclic) bond motifs is 1. The first-order valence-corrected chi connectivity index (χ1v) is 6.92. The second-order valence-electron chi connectivity index (χ2n) is 4.74. The van der Waals surface area contributed by atoms with Gasteiger partial charge < -0.3 is 15.2 Å². The fraction of sp³-hybridized carbons (Fsp3) is 0.111. The Morgan fingerprint density at radius 1 is 0.714 bits per heavy atom. The van der Waals surface area contributed by atoms with Gasteiger partial charge in [0.15, 0.2) is 0 Å². The van der Waals surface area contributed by atoms with Gasteiger partial charge in [0.25, 0.3) is 0 Å². The molecule has 2 N–H and O–H groups in total. The molecule has 3 heteroatoms. The van der Waals surface area contributed by atoms with Crippen LogP contribution >= 0.6 is 0 Å². The third kappa shape index (κ3) is 3.26. The van der Waals surface area contributed by atoms with E-state index in [1.54, 1.807) is 0 Å². The van der Waals surface area contributed by atoms with Crippen LogP contribution in [0, 0.1) is 0 Å². The maximum atomic E-state index is 5.81. The Hall–Kier alpha value is -2.68. The number of ether oxygens (including phenoxy) is 2. The number of nitrogens with two attached hydrogens (primary N) is 1. The van der Waals surface area contributed by atoms with E-state index in [1.165, 1.54) is 10.8 Å². The summed E-state index contributed by atoms with van der Waals surface area (Å²) < 4.78 is 11.3. The number of rotatable bonds is 5. The van der Waals surface area contributed by atoms with Crippen LogP contribution < -0.4 is 15.2 Å². The largest absolute Gasteiger partial charge is 0.490 e. The number of anilines is 1. The van der Waals surface area contributed by atoms with E-state index in [4.69, 9.17) is 15.2 Å². The fourth-order valence-electron chi connectivity index (χ4n) is 2.18. The van der Waals surface area contributed by atoms with E-state index in [2.05, 4.69) is 18.2 Å². The van der Waals surface area contributed by atoms with E-state index in [1.807, 2.05) is 48.5 Å². The molecule has 0 saturated carbocycles. The van der Waals surface area contributed by atoms with Gasteiger partial charge in [-0.3, -0.25) is 0 Å². The van der Waals surface area contributed by atoms with Crippen molar-refractivity contribution in [3.63, 3.8) is 0 Å². The first-order valence-electron chi connectivity index (χ1n) is 6.92. The molecule has 21 heavy (non-hydrogen) atoms. The van der Waals surface area contributed by atoms with Crippen molar-refractivity contribution in [2.45, 2.75) is 0 Å². The normalized spacial score (nSPS) is 10.5. The lowest BCUT2D eigenvalue weighted by Gasteiger charge is -2.10. The molecular formula is C18H17NO2. The first-order chi connectivity index (χ1) is 10.3. The number of nitrogen functional groups attached to an aromatic ring is 1. The fourth-order valence-corrected chi connectivity index (χ4v) is 2.18. The monoisotopic (exact) mass is 279 g/mol. The van der Waals surface area contributed by atoms with E-state index in [0.29, 0.717) is 24.7 Å². The molecule has 0 spiro atoms. The Bertz CT molecular complexity index is 740. The smallest absolute Gasteiger partial charge is 0.142 e. The van der Waals surface area contributed by atoms with Gasteiger partial charge in [0.2, 0.25) is 0 Å². The Labute approximate surface area is 123 Å². The lowest BCUT2D eigenvalue weighted by molar-refractivity contribution is 0.218. The minimum Gasteiger partial charge on any atom is -0.490 e. The second-order valence-corrected chi connectivity index (χ2v) is 4.74.